The molecule has 2 aliphatic rings. The van der Waals surface area contributed by atoms with E-state index in [4.69, 9.17) is 4.74 Å². The van der Waals surface area contributed by atoms with Crippen LogP contribution in [-0.2, 0) is 6.54 Å². The minimum atomic E-state index is -0.0236. The number of hydrogen-bond donors (Lipinski definition) is 2. The summed E-state index contributed by atoms with van der Waals surface area (Å²) < 4.78 is 6.19. The van der Waals surface area contributed by atoms with Gasteiger partial charge in [0.1, 0.15) is 11.5 Å². The number of piperidine rings is 1. The Hall–Kier alpha value is -2.37. The number of carbonyl (C=O) groups excluding carboxylic acids is 1. The standard InChI is InChI=1S/C27H37N3O2/c1-26(2)17-22(18-27(3,4)29-26)28-25(31)20-11-13-23(14-12-20)32-24-10-6-5-9-21(24)19-30-15-7-8-16-30/h5-6,9-14,22,29H,7-8,15-19H2,1-4H3,(H,28,31). The van der Waals surface area contributed by atoms with E-state index in [-0.39, 0.29) is 23.0 Å². The number of benzene rings is 2. The van der Waals surface area contributed by atoms with Crippen LogP contribution in [0.5, 0.6) is 11.5 Å². The Balaban J connectivity index is 1.39. The zero-order valence-corrected chi connectivity index (χ0v) is 19.9. The third kappa shape index (κ3) is 5.90. The predicted octanol–water partition coefficient (Wildman–Crippen LogP) is 5.11. The molecule has 0 radical (unpaired) electrons. The molecule has 0 atom stereocenters. The predicted molar refractivity (Wildman–Crippen MR) is 129 cm³/mol. The zero-order chi connectivity index (χ0) is 22.8. The van der Waals surface area contributed by atoms with E-state index in [1.807, 2.05) is 36.4 Å². The number of carbonyl (C=O) groups is 1. The smallest absolute Gasteiger partial charge is 0.251 e. The molecule has 0 aliphatic carbocycles. The fraction of sp³-hybridized carbons (Fsp3) is 0.519. The molecular formula is C27H37N3O2. The van der Waals surface area contributed by atoms with Crippen molar-refractivity contribution in [2.45, 2.75) is 77.0 Å². The molecule has 2 N–H and O–H groups in total. The largest absolute Gasteiger partial charge is 0.457 e. The van der Waals surface area contributed by atoms with E-state index < -0.39 is 0 Å². The van der Waals surface area contributed by atoms with Gasteiger partial charge in [0, 0.05) is 34.8 Å². The SMILES string of the molecule is CC1(C)CC(NC(=O)c2ccc(Oc3ccccc3CN3CCCC3)cc2)CC(C)(C)N1. The van der Waals surface area contributed by atoms with Crippen molar-refractivity contribution < 1.29 is 9.53 Å². The third-order valence-corrected chi connectivity index (χ3v) is 6.43. The van der Waals surface area contributed by atoms with Crippen LogP contribution in [0.2, 0.25) is 0 Å². The summed E-state index contributed by atoms with van der Waals surface area (Å²) in [6.45, 7) is 12.0. The Kier molecular flexibility index (Phi) is 6.59. The minimum Gasteiger partial charge on any atom is -0.457 e. The lowest BCUT2D eigenvalue weighted by Gasteiger charge is -2.46. The summed E-state index contributed by atoms with van der Waals surface area (Å²) in [7, 11) is 0. The maximum Gasteiger partial charge on any atom is 0.251 e. The van der Waals surface area contributed by atoms with E-state index >= 15 is 0 Å². The number of nitrogens with one attached hydrogen (secondary N) is 2. The zero-order valence-electron chi connectivity index (χ0n) is 19.9. The van der Waals surface area contributed by atoms with E-state index in [1.165, 1.54) is 18.4 Å². The van der Waals surface area contributed by atoms with Gasteiger partial charge in [-0.1, -0.05) is 18.2 Å². The van der Waals surface area contributed by atoms with Gasteiger partial charge in [-0.3, -0.25) is 9.69 Å². The lowest BCUT2D eigenvalue weighted by atomic mass is 9.79. The molecule has 172 valence electrons. The molecule has 4 rings (SSSR count). The van der Waals surface area contributed by atoms with Crippen LogP contribution < -0.4 is 15.4 Å². The van der Waals surface area contributed by atoms with E-state index in [2.05, 4.69) is 55.4 Å². The van der Waals surface area contributed by atoms with E-state index in [0.717, 1.165) is 44.0 Å². The molecule has 1 amide bonds. The molecular weight excluding hydrogens is 398 g/mol. The lowest BCUT2D eigenvalue weighted by molar-refractivity contribution is 0.0873. The lowest BCUT2D eigenvalue weighted by Crippen LogP contribution is -2.62. The van der Waals surface area contributed by atoms with Gasteiger partial charge >= 0.3 is 0 Å². The number of rotatable bonds is 6. The van der Waals surface area contributed by atoms with Crippen molar-refractivity contribution in [1.29, 1.82) is 0 Å². The summed E-state index contributed by atoms with van der Waals surface area (Å²) in [5.41, 5.74) is 1.86. The van der Waals surface area contributed by atoms with Crippen molar-refractivity contribution >= 4 is 5.91 Å². The molecule has 5 heteroatoms. The molecule has 5 nitrogen and oxygen atoms in total. The molecule has 0 saturated carbocycles. The molecule has 2 aromatic rings. The fourth-order valence-electron chi connectivity index (χ4n) is 5.41. The molecule has 2 saturated heterocycles. The van der Waals surface area contributed by atoms with Gasteiger partial charge in [-0.05, 0) is 96.8 Å². The summed E-state index contributed by atoms with van der Waals surface area (Å²) >= 11 is 0. The van der Waals surface area contributed by atoms with Crippen LogP contribution >= 0.6 is 0 Å². The second-order valence-corrected chi connectivity index (χ2v) is 10.7. The molecule has 2 fully saturated rings. The molecule has 32 heavy (non-hydrogen) atoms. The van der Waals surface area contributed by atoms with Crippen LogP contribution in [0.4, 0.5) is 0 Å². The normalized spacial score (nSPS) is 20.8. The van der Waals surface area contributed by atoms with E-state index in [0.29, 0.717) is 5.56 Å². The second-order valence-electron chi connectivity index (χ2n) is 10.7. The van der Waals surface area contributed by atoms with Crippen molar-refractivity contribution in [3.05, 3.63) is 59.7 Å². The number of para-hydroxylation sites is 1. The summed E-state index contributed by atoms with van der Waals surface area (Å²) in [6, 6.07) is 15.9. The van der Waals surface area contributed by atoms with Crippen molar-refractivity contribution in [2.75, 3.05) is 13.1 Å². The third-order valence-electron chi connectivity index (χ3n) is 6.43. The van der Waals surface area contributed by atoms with Crippen LogP contribution in [0.25, 0.3) is 0 Å². The molecule has 2 aliphatic heterocycles. The average molecular weight is 436 g/mol. The first-order chi connectivity index (χ1) is 15.2. The van der Waals surface area contributed by atoms with Crippen LogP contribution in [-0.4, -0.2) is 41.0 Å². The number of hydrogen-bond acceptors (Lipinski definition) is 4. The molecule has 0 bridgehead atoms. The minimum absolute atomic E-state index is 0.000145. The van der Waals surface area contributed by atoms with Crippen molar-refractivity contribution in [3.63, 3.8) is 0 Å². The molecule has 0 aromatic heterocycles. The number of ether oxygens (including phenoxy) is 1. The van der Waals surface area contributed by atoms with Gasteiger partial charge in [0.2, 0.25) is 0 Å². The Morgan fingerprint density at radius 3 is 2.28 bits per heavy atom. The number of likely N-dealkylation sites (tertiary alicyclic amines) is 1. The van der Waals surface area contributed by atoms with Crippen molar-refractivity contribution in [3.8, 4) is 11.5 Å². The van der Waals surface area contributed by atoms with Crippen molar-refractivity contribution in [2.24, 2.45) is 0 Å². The molecule has 0 unspecified atom stereocenters. The van der Waals surface area contributed by atoms with Crippen molar-refractivity contribution in [1.82, 2.24) is 15.5 Å². The maximum atomic E-state index is 12.9. The highest BCUT2D eigenvalue weighted by molar-refractivity contribution is 5.94. The highest BCUT2D eigenvalue weighted by Crippen LogP contribution is 2.30. The van der Waals surface area contributed by atoms with Gasteiger partial charge in [0.15, 0.2) is 0 Å². The van der Waals surface area contributed by atoms with Crippen LogP contribution in [0.15, 0.2) is 48.5 Å². The van der Waals surface area contributed by atoms with Gasteiger partial charge in [0.25, 0.3) is 5.91 Å². The Labute approximate surface area is 192 Å². The van der Waals surface area contributed by atoms with E-state index in [1.54, 1.807) is 0 Å². The van der Waals surface area contributed by atoms with Crippen LogP contribution in [0, 0.1) is 0 Å². The highest BCUT2D eigenvalue weighted by atomic mass is 16.5. The van der Waals surface area contributed by atoms with Crippen LogP contribution in [0.3, 0.4) is 0 Å². The summed E-state index contributed by atoms with van der Waals surface area (Å²) in [5, 5.41) is 6.90. The molecule has 0 spiro atoms. The van der Waals surface area contributed by atoms with Gasteiger partial charge in [-0.25, -0.2) is 0 Å². The quantitative estimate of drug-likeness (QED) is 0.662. The fourth-order valence-corrected chi connectivity index (χ4v) is 5.41. The first-order valence-corrected chi connectivity index (χ1v) is 11.9. The maximum absolute atomic E-state index is 12.9. The topological polar surface area (TPSA) is 53.6 Å². The first-order valence-electron chi connectivity index (χ1n) is 11.9. The first kappa shape index (κ1) is 22.8. The molecule has 2 aromatic carbocycles. The number of amides is 1. The number of nitrogens with zero attached hydrogens (tertiary/aromatic N) is 1. The van der Waals surface area contributed by atoms with Gasteiger partial charge in [-0.15, -0.1) is 0 Å². The Bertz CT molecular complexity index is 914. The highest BCUT2D eigenvalue weighted by Gasteiger charge is 2.38. The van der Waals surface area contributed by atoms with Gasteiger partial charge in [0.05, 0.1) is 0 Å². The Morgan fingerprint density at radius 1 is 1.00 bits per heavy atom. The van der Waals surface area contributed by atoms with Gasteiger partial charge in [-0.2, -0.15) is 0 Å². The summed E-state index contributed by atoms with van der Waals surface area (Å²) in [5.74, 6) is 1.61. The van der Waals surface area contributed by atoms with Gasteiger partial charge < -0.3 is 15.4 Å². The van der Waals surface area contributed by atoms with E-state index in [9.17, 15) is 4.79 Å². The second kappa shape index (κ2) is 9.24. The summed E-state index contributed by atoms with van der Waals surface area (Å²) in [4.78, 5) is 15.3. The molecule has 2 heterocycles. The monoisotopic (exact) mass is 435 g/mol. The van der Waals surface area contributed by atoms with Crippen LogP contribution in [0.1, 0.15) is 69.3 Å². The summed E-state index contributed by atoms with van der Waals surface area (Å²) in [6.07, 6.45) is 4.38. The Morgan fingerprint density at radius 2 is 1.62 bits per heavy atom. The average Bonchev–Trinajstić information content (AvgIpc) is 3.21.